The molecule has 1 rings (SSSR count). The summed E-state index contributed by atoms with van der Waals surface area (Å²) >= 11 is 0. The molecule has 2 N–H and O–H groups in total. The predicted molar refractivity (Wildman–Crippen MR) is 75.4 cm³/mol. The zero-order valence-electron chi connectivity index (χ0n) is 11.7. The first kappa shape index (κ1) is 14.2. The van der Waals surface area contributed by atoms with Crippen LogP contribution in [0.3, 0.4) is 0 Å². The fourth-order valence-corrected chi connectivity index (χ4v) is 2.11. The third kappa shape index (κ3) is 4.49. The largest absolute Gasteiger partial charge is 0.330 e. The number of nitrogens with zero attached hydrogens (tertiary/aromatic N) is 1. The summed E-state index contributed by atoms with van der Waals surface area (Å²) < 4.78 is 0. The lowest BCUT2D eigenvalue weighted by atomic mass is 10.0. The average Bonchev–Trinajstić information content (AvgIpc) is 2.27. The Morgan fingerprint density at radius 3 is 2.59 bits per heavy atom. The smallest absolute Gasteiger partial charge is 0.00760 e. The summed E-state index contributed by atoms with van der Waals surface area (Å²) in [7, 11) is 2.18. The highest BCUT2D eigenvalue weighted by Crippen LogP contribution is 2.12. The van der Waals surface area contributed by atoms with E-state index in [0.29, 0.717) is 6.04 Å². The fourth-order valence-electron chi connectivity index (χ4n) is 2.11. The number of rotatable bonds is 6. The first-order valence-corrected chi connectivity index (χ1v) is 6.51. The van der Waals surface area contributed by atoms with Gasteiger partial charge in [-0.3, -0.25) is 0 Å². The van der Waals surface area contributed by atoms with Crippen LogP contribution in [-0.2, 0) is 6.42 Å². The van der Waals surface area contributed by atoms with Crippen LogP contribution in [0.1, 0.15) is 30.0 Å². The number of benzene rings is 1. The minimum Gasteiger partial charge on any atom is -0.330 e. The standard InChI is InChI=1S/C15H26N2/c1-12-5-6-15(13(2)11-12)8-10-17(4)14(3)7-9-16/h5-6,11,14H,7-10,16H2,1-4H3. The molecule has 0 aliphatic carbocycles. The number of hydrogen-bond donors (Lipinski definition) is 1. The van der Waals surface area contributed by atoms with Crippen LogP contribution in [0.5, 0.6) is 0 Å². The Balaban J connectivity index is 2.49. The molecule has 0 radical (unpaired) electrons. The third-order valence-electron chi connectivity index (χ3n) is 3.57. The van der Waals surface area contributed by atoms with Crippen molar-refractivity contribution in [2.75, 3.05) is 20.1 Å². The van der Waals surface area contributed by atoms with Crippen LogP contribution in [0.15, 0.2) is 18.2 Å². The lowest BCUT2D eigenvalue weighted by Crippen LogP contribution is -2.32. The summed E-state index contributed by atoms with van der Waals surface area (Å²) in [6.45, 7) is 8.47. The molecule has 0 aliphatic rings. The van der Waals surface area contributed by atoms with E-state index in [1.807, 2.05) is 0 Å². The highest BCUT2D eigenvalue weighted by molar-refractivity contribution is 5.30. The molecule has 0 aromatic heterocycles. The summed E-state index contributed by atoms with van der Waals surface area (Å²) in [4.78, 5) is 2.39. The van der Waals surface area contributed by atoms with Gasteiger partial charge in [0, 0.05) is 12.6 Å². The zero-order chi connectivity index (χ0) is 12.8. The van der Waals surface area contributed by atoms with Crippen molar-refractivity contribution in [3.63, 3.8) is 0 Å². The minimum absolute atomic E-state index is 0.575. The molecule has 1 aromatic carbocycles. The van der Waals surface area contributed by atoms with Gasteiger partial charge in [0.2, 0.25) is 0 Å². The number of nitrogens with two attached hydrogens (primary N) is 1. The van der Waals surface area contributed by atoms with Crippen molar-refractivity contribution >= 4 is 0 Å². The molecule has 0 saturated carbocycles. The van der Waals surface area contributed by atoms with E-state index >= 15 is 0 Å². The highest BCUT2D eigenvalue weighted by Gasteiger charge is 2.08. The number of likely N-dealkylation sites (N-methyl/N-ethyl adjacent to an activating group) is 1. The topological polar surface area (TPSA) is 29.3 Å². The summed E-state index contributed by atoms with van der Waals surface area (Å²) in [6, 6.07) is 7.29. The Kier molecular flexibility index (Phi) is 5.66. The van der Waals surface area contributed by atoms with Crippen molar-refractivity contribution in [3.05, 3.63) is 34.9 Å². The molecule has 1 atom stereocenters. The van der Waals surface area contributed by atoms with Crippen LogP contribution in [-0.4, -0.2) is 31.1 Å². The average molecular weight is 234 g/mol. The Labute approximate surface area is 106 Å². The van der Waals surface area contributed by atoms with Gasteiger partial charge in [-0.1, -0.05) is 23.8 Å². The van der Waals surface area contributed by atoms with Crippen LogP contribution in [0.2, 0.25) is 0 Å². The van der Waals surface area contributed by atoms with Gasteiger partial charge in [0.1, 0.15) is 0 Å². The molecule has 0 aliphatic heterocycles. The molecule has 2 heteroatoms. The van der Waals surface area contributed by atoms with E-state index in [0.717, 1.165) is 25.9 Å². The highest BCUT2D eigenvalue weighted by atomic mass is 15.1. The molecule has 1 aromatic rings. The summed E-state index contributed by atoms with van der Waals surface area (Å²) in [6.07, 6.45) is 2.20. The van der Waals surface area contributed by atoms with Gasteiger partial charge in [-0.25, -0.2) is 0 Å². The Morgan fingerprint density at radius 2 is 2.00 bits per heavy atom. The quantitative estimate of drug-likeness (QED) is 0.819. The van der Waals surface area contributed by atoms with Gasteiger partial charge in [0.05, 0.1) is 0 Å². The monoisotopic (exact) mass is 234 g/mol. The van der Waals surface area contributed by atoms with Crippen LogP contribution in [0.4, 0.5) is 0 Å². The normalized spacial score (nSPS) is 13.1. The number of hydrogen-bond acceptors (Lipinski definition) is 2. The van der Waals surface area contributed by atoms with Crippen molar-refractivity contribution in [1.82, 2.24) is 4.90 Å². The Bertz CT molecular complexity index is 347. The van der Waals surface area contributed by atoms with Crippen molar-refractivity contribution in [1.29, 1.82) is 0 Å². The molecular formula is C15H26N2. The van der Waals surface area contributed by atoms with Crippen LogP contribution >= 0.6 is 0 Å². The molecular weight excluding hydrogens is 208 g/mol. The van der Waals surface area contributed by atoms with Gasteiger partial charge in [0.15, 0.2) is 0 Å². The second kappa shape index (κ2) is 6.77. The molecule has 0 heterocycles. The maximum absolute atomic E-state index is 5.59. The van der Waals surface area contributed by atoms with E-state index in [4.69, 9.17) is 5.73 Å². The second-order valence-electron chi connectivity index (χ2n) is 5.09. The molecule has 96 valence electrons. The van der Waals surface area contributed by atoms with Gasteiger partial charge in [-0.05, 0) is 58.3 Å². The molecule has 17 heavy (non-hydrogen) atoms. The Hall–Kier alpha value is -0.860. The van der Waals surface area contributed by atoms with Crippen LogP contribution in [0.25, 0.3) is 0 Å². The SMILES string of the molecule is Cc1ccc(CCN(C)C(C)CCN)c(C)c1. The lowest BCUT2D eigenvalue weighted by Gasteiger charge is -2.24. The molecule has 0 saturated heterocycles. The van der Waals surface area contributed by atoms with Gasteiger partial charge >= 0.3 is 0 Å². The van der Waals surface area contributed by atoms with E-state index in [2.05, 4.69) is 50.9 Å². The predicted octanol–water partition coefficient (Wildman–Crippen LogP) is 2.52. The second-order valence-corrected chi connectivity index (χ2v) is 5.09. The zero-order valence-corrected chi connectivity index (χ0v) is 11.7. The molecule has 1 unspecified atom stereocenters. The summed E-state index contributed by atoms with van der Waals surface area (Å²) in [5.74, 6) is 0. The van der Waals surface area contributed by atoms with Crippen LogP contribution in [0, 0.1) is 13.8 Å². The molecule has 0 amide bonds. The molecule has 0 spiro atoms. The fraction of sp³-hybridized carbons (Fsp3) is 0.600. The molecule has 2 nitrogen and oxygen atoms in total. The van der Waals surface area contributed by atoms with Gasteiger partial charge in [-0.15, -0.1) is 0 Å². The van der Waals surface area contributed by atoms with Crippen molar-refractivity contribution in [2.45, 2.75) is 39.7 Å². The first-order chi connectivity index (χ1) is 8.04. The summed E-state index contributed by atoms with van der Waals surface area (Å²) in [5, 5.41) is 0. The van der Waals surface area contributed by atoms with Crippen molar-refractivity contribution in [2.24, 2.45) is 5.73 Å². The van der Waals surface area contributed by atoms with Crippen LogP contribution < -0.4 is 5.73 Å². The molecule has 0 bridgehead atoms. The lowest BCUT2D eigenvalue weighted by molar-refractivity contribution is 0.251. The van der Waals surface area contributed by atoms with E-state index < -0.39 is 0 Å². The van der Waals surface area contributed by atoms with E-state index in [1.54, 1.807) is 0 Å². The third-order valence-corrected chi connectivity index (χ3v) is 3.57. The minimum atomic E-state index is 0.575. The maximum atomic E-state index is 5.59. The van der Waals surface area contributed by atoms with E-state index in [-0.39, 0.29) is 0 Å². The van der Waals surface area contributed by atoms with Gasteiger partial charge in [0.25, 0.3) is 0 Å². The van der Waals surface area contributed by atoms with Crippen molar-refractivity contribution < 1.29 is 0 Å². The van der Waals surface area contributed by atoms with E-state index in [9.17, 15) is 0 Å². The van der Waals surface area contributed by atoms with Crippen molar-refractivity contribution in [3.8, 4) is 0 Å². The first-order valence-electron chi connectivity index (χ1n) is 6.51. The number of aryl methyl sites for hydroxylation is 2. The summed E-state index contributed by atoms with van der Waals surface area (Å²) in [5.41, 5.74) is 9.80. The molecule has 0 fully saturated rings. The maximum Gasteiger partial charge on any atom is 0.00760 e. The van der Waals surface area contributed by atoms with Gasteiger partial charge in [-0.2, -0.15) is 0 Å². The van der Waals surface area contributed by atoms with Gasteiger partial charge < -0.3 is 10.6 Å². The Morgan fingerprint density at radius 1 is 1.29 bits per heavy atom. The van der Waals surface area contributed by atoms with E-state index in [1.165, 1.54) is 16.7 Å².